The fourth-order valence-electron chi connectivity index (χ4n) is 2.84. The van der Waals surface area contributed by atoms with E-state index in [-0.39, 0.29) is 0 Å². The Hall–Kier alpha value is -0.160. The first-order valence-corrected chi connectivity index (χ1v) is 7.00. The highest BCUT2D eigenvalue weighted by atomic mass is 16.5. The van der Waals surface area contributed by atoms with Crippen LogP contribution in [0.2, 0.25) is 0 Å². The maximum absolute atomic E-state index is 5.89. The molecule has 1 saturated carbocycles. The molecule has 17 heavy (non-hydrogen) atoms. The van der Waals surface area contributed by atoms with Crippen LogP contribution in [0.5, 0.6) is 0 Å². The second-order valence-electron chi connectivity index (χ2n) is 5.32. The molecule has 0 aromatic carbocycles. The summed E-state index contributed by atoms with van der Waals surface area (Å²) in [5.74, 6) is 7.20. The summed E-state index contributed by atoms with van der Waals surface area (Å²) >= 11 is 0. The first kappa shape index (κ1) is 13.3. The number of rotatable bonds is 7. The first-order valence-electron chi connectivity index (χ1n) is 7.00. The SMILES string of the molecule is CCOC(C1CC1)C(CC1CCOCC1)NN. The van der Waals surface area contributed by atoms with Crippen molar-refractivity contribution in [3.8, 4) is 0 Å². The molecule has 0 spiro atoms. The molecule has 1 heterocycles. The highest BCUT2D eigenvalue weighted by Crippen LogP contribution is 2.37. The number of ether oxygens (including phenoxy) is 2. The minimum Gasteiger partial charge on any atom is -0.381 e. The molecule has 0 amide bonds. The highest BCUT2D eigenvalue weighted by molar-refractivity contribution is 4.90. The second-order valence-corrected chi connectivity index (χ2v) is 5.32. The second kappa shape index (κ2) is 6.69. The lowest BCUT2D eigenvalue weighted by Gasteiger charge is -2.31. The van der Waals surface area contributed by atoms with Gasteiger partial charge in [0, 0.05) is 25.9 Å². The Morgan fingerprint density at radius 2 is 2.00 bits per heavy atom. The van der Waals surface area contributed by atoms with E-state index in [9.17, 15) is 0 Å². The molecule has 3 N–H and O–H groups in total. The van der Waals surface area contributed by atoms with Gasteiger partial charge in [-0.05, 0) is 50.9 Å². The van der Waals surface area contributed by atoms with Gasteiger partial charge in [-0.1, -0.05) is 0 Å². The van der Waals surface area contributed by atoms with Crippen LogP contribution >= 0.6 is 0 Å². The molecular formula is C13H26N2O2. The van der Waals surface area contributed by atoms with Crippen LogP contribution in [0, 0.1) is 11.8 Å². The minimum atomic E-state index is 0.311. The summed E-state index contributed by atoms with van der Waals surface area (Å²) in [5.41, 5.74) is 2.99. The molecule has 1 aliphatic heterocycles. The van der Waals surface area contributed by atoms with Gasteiger partial charge in [-0.15, -0.1) is 0 Å². The Labute approximate surface area is 104 Å². The van der Waals surface area contributed by atoms with Crippen LogP contribution in [-0.2, 0) is 9.47 Å². The lowest BCUT2D eigenvalue weighted by molar-refractivity contribution is 0.00236. The predicted molar refractivity (Wildman–Crippen MR) is 67.4 cm³/mol. The molecule has 0 bridgehead atoms. The largest absolute Gasteiger partial charge is 0.381 e. The molecule has 2 aliphatic rings. The smallest absolute Gasteiger partial charge is 0.0769 e. The lowest BCUT2D eigenvalue weighted by atomic mass is 9.89. The molecule has 2 fully saturated rings. The van der Waals surface area contributed by atoms with Crippen molar-refractivity contribution in [2.45, 2.75) is 51.2 Å². The number of nitrogens with one attached hydrogen (secondary N) is 1. The standard InChI is InChI=1S/C13H26N2O2/c1-2-17-13(11-3-4-11)12(15-14)9-10-5-7-16-8-6-10/h10-13,15H,2-9,14H2,1H3. The maximum Gasteiger partial charge on any atom is 0.0769 e. The third-order valence-corrected chi connectivity index (χ3v) is 3.98. The highest BCUT2D eigenvalue weighted by Gasteiger charge is 2.37. The quantitative estimate of drug-likeness (QED) is 0.524. The Kier molecular flexibility index (Phi) is 5.22. The van der Waals surface area contributed by atoms with Gasteiger partial charge >= 0.3 is 0 Å². The van der Waals surface area contributed by atoms with Crippen LogP contribution in [0.3, 0.4) is 0 Å². The van der Waals surface area contributed by atoms with Crippen LogP contribution < -0.4 is 11.3 Å². The zero-order valence-electron chi connectivity index (χ0n) is 10.9. The Morgan fingerprint density at radius 1 is 1.29 bits per heavy atom. The summed E-state index contributed by atoms with van der Waals surface area (Å²) in [6, 6.07) is 0.311. The van der Waals surface area contributed by atoms with Crippen LogP contribution in [0.25, 0.3) is 0 Å². The summed E-state index contributed by atoms with van der Waals surface area (Å²) < 4.78 is 11.3. The first-order chi connectivity index (χ1) is 8.35. The van der Waals surface area contributed by atoms with E-state index in [1.165, 1.54) is 25.7 Å². The molecular weight excluding hydrogens is 216 g/mol. The van der Waals surface area contributed by atoms with Crippen molar-refractivity contribution in [1.82, 2.24) is 5.43 Å². The van der Waals surface area contributed by atoms with E-state index in [0.717, 1.165) is 38.1 Å². The zero-order valence-corrected chi connectivity index (χ0v) is 10.9. The summed E-state index contributed by atoms with van der Waals surface area (Å²) in [6.07, 6.45) is 6.38. The van der Waals surface area contributed by atoms with E-state index in [1.807, 2.05) is 0 Å². The van der Waals surface area contributed by atoms with E-state index in [0.29, 0.717) is 12.1 Å². The average molecular weight is 242 g/mol. The molecule has 0 radical (unpaired) electrons. The summed E-state index contributed by atoms with van der Waals surface area (Å²) in [7, 11) is 0. The normalized spacial score (nSPS) is 25.8. The van der Waals surface area contributed by atoms with Gasteiger partial charge in [-0.3, -0.25) is 11.3 Å². The molecule has 0 aromatic heterocycles. The van der Waals surface area contributed by atoms with Gasteiger partial charge in [0.25, 0.3) is 0 Å². The average Bonchev–Trinajstić information content (AvgIpc) is 3.19. The molecule has 0 aromatic rings. The van der Waals surface area contributed by atoms with Crippen molar-refractivity contribution >= 4 is 0 Å². The monoisotopic (exact) mass is 242 g/mol. The summed E-state index contributed by atoms with van der Waals surface area (Å²) in [5, 5.41) is 0. The maximum atomic E-state index is 5.89. The number of nitrogens with two attached hydrogens (primary N) is 1. The van der Waals surface area contributed by atoms with Crippen molar-refractivity contribution < 1.29 is 9.47 Å². The molecule has 100 valence electrons. The molecule has 1 saturated heterocycles. The van der Waals surface area contributed by atoms with Crippen molar-refractivity contribution in [2.75, 3.05) is 19.8 Å². The minimum absolute atomic E-state index is 0.311. The van der Waals surface area contributed by atoms with Crippen molar-refractivity contribution in [3.63, 3.8) is 0 Å². The molecule has 2 atom stereocenters. The van der Waals surface area contributed by atoms with Crippen LogP contribution in [0.4, 0.5) is 0 Å². The molecule has 2 unspecified atom stereocenters. The Morgan fingerprint density at radius 3 is 2.53 bits per heavy atom. The summed E-state index contributed by atoms with van der Waals surface area (Å²) in [6.45, 7) is 4.67. The molecule has 1 aliphatic carbocycles. The van der Waals surface area contributed by atoms with Gasteiger partial charge in [0.15, 0.2) is 0 Å². The van der Waals surface area contributed by atoms with E-state index < -0.39 is 0 Å². The third kappa shape index (κ3) is 3.91. The number of hydrazine groups is 1. The van der Waals surface area contributed by atoms with Crippen molar-refractivity contribution in [3.05, 3.63) is 0 Å². The van der Waals surface area contributed by atoms with Gasteiger partial charge in [-0.25, -0.2) is 0 Å². The van der Waals surface area contributed by atoms with Gasteiger partial charge < -0.3 is 9.47 Å². The molecule has 4 heteroatoms. The van der Waals surface area contributed by atoms with Crippen LogP contribution in [-0.4, -0.2) is 32.0 Å². The third-order valence-electron chi connectivity index (χ3n) is 3.98. The predicted octanol–water partition coefficient (Wildman–Crippen LogP) is 1.45. The van der Waals surface area contributed by atoms with Crippen LogP contribution in [0.15, 0.2) is 0 Å². The molecule has 2 rings (SSSR count). The molecule has 4 nitrogen and oxygen atoms in total. The lowest BCUT2D eigenvalue weighted by Crippen LogP contribution is -2.47. The van der Waals surface area contributed by atoms with E-state index in [2.05, 4.69) is 12.3 Å². The zero-order chi connectivity index (χ0) is 12.1. The fraction of sp³-hybridized carbons (Fsp3) is 1.00. The van der Waals surface area contributed by atoms with E-state index >= 15 is 0 Å². The van der Waals surface area contributed by atoms with Gasteiger partial charge in [0.1, 0.15) is 0 Å². The number of hydrogen-bond acceptors (Lipinski definition) is 4. The van der Waals surface area contributed by atoms with Gasteiger partial charge in [-0.2, -0.15) is 0 Å². The van der Waals surface area contributed by atoms with Crippen LogP contribution in [0.1, 0.15) is 39.0 Å². The van der Waals surface area contributed by atoms with Crippen molar-refractivity contribution in [1.29, 1.82) is 0 Å². The van der Waals surface area contributed by atoms with E-state index in [1.54, 1.807) is 0 Å². The Balaban J connectivity index is 1.84. The topological polar surface area (TPSA) is 56.5 Å². The number of hydrogen-bond donors (Lipinski definition) is 2. The van der Waals surface area contributed by atoms with Crippen molar-refractivity contribution in [2.24, 2.45) is 17.7 Å². The Bertz CT molecular complexity index is 215. The van der Waals surface area contributed by atoms with Gasteiger partial charge in [0.05, 0.1) is 6.10 Å². The van der Waals surface area contributed by atoms with E-state index in [4.69, 9.17) is 15.3 Å². The summed E-state index contributed by atoms with van der Waals surface area (Å²) in [4.78, 5) is 0. The van der Waals surface area contributed by atoms with Gasteiger partial charge in [0.2, 0.25) is 0 Å². The fourth-order valence-corrected chi connectivity index (χ4v) is 2.84.